The summed E-state index contributed by atoms with van der Waals surface area (Å²) in [6.07, 6.45) is -2.28. The number of ether oxygens (including phenoxy) is 1. The van der Waals surface area contributed by atoms with Crippen LogP contribution in [0, 0.1) is 23.1 Å². The first-order valence-corrected chi connectivity index (χ1v) is 19.7. The number of alkyl halides is 3. The van der Waals surface area contributed by atoms with Gasteiger partial charge in [0.05, 0.1) is 40.3 Å². The average Bonchev–Trinajstić information content (AvgIpc) is 3.95. The zero-order chi connectivity index (χ0) is 44.8. The number of nitriles is 1. The molecule has 1 saturated carbocycles. The van der Waals surface area contributed by atoms with Crippen LogP contribution >= 0.6 is 12.2 Å². The van der Waals surface area contributed by atoms with Crippen molar-refractivity contribution in [1.29, 1.82) is 5.26 Å². The van der Waals surface area contributed by atoms with Crippen molar-refractivity contribution in [3.8, 4) is 11.8 Å². The van der Waals surface area contributed by atoms with Crippen LogP contribution in [0.15, 0.2) is 48.7 Å². The van der Waals surface area contributed by atoms with E-state index in [1.54, 1.807) is 12.1 Å². The molecule has 16 nitrogen and oxygen atoms in total. The molecule has 0 radical (unpaired) electrons. The Morgan fingerprint density at radius 1 is 1.03 bits per heavy atom. The molecule has 3 aromatic rings. The molecule has 3 fully saturated rings. The van der Waals surface area contributed by atoms with Crippen molar-refractivity contribution in [2.45, 2.75) is 69.6 Å². The van der Waals surface area contributed by atoms with Crippen molar-refractivity contribution >= 4 is 70.1 Å². The zero-order valence-corrected chi connectivity index (χ0v) is 33.7. The van der Waals surface area contributed by atoms with Gasteiger partial charge >= 0.3 is 6.18 Å². The van der Waals surface area contributed by atoms with Crippen LogP contribution in [0.25, 0.3) is 0 Å². The predicted molar refractivity (Wildman–Crippen MR) is 212 cm³/mol. The minimum absolute atomic E-state index is 0.00574. The Morgan fingerprint density at radius 3 is 2.42 bits per heavy atom. The van der Waals surface area contributed by atoms with Crippen LogP contribution in [-0.4, -0.2) is 87.6 Å². The monoisotopic (exact) mass is 876 g/mol. The molecular formula is C41H36F4N8O8S. The predicted octanol–water partition coefficient (Wildman–Crippen LogP) is 3.62. The third-order valence-electron chi connectivity index (χ3n) is 11.0. The molecule has 7 rings (SSSR count). The Balaban J connectivity index is 0.853. The number of hydrogen-bond acceptors (Lipinski definition) is 11. The number of benzene rings is 2. The van der Waals surface area contributed by atoms with E-state index >= 15 is 4.39 Å². The topological polar surface area (TPSA) is 211 Å². The number of nitrogens with one attached hydrogen (secondary N) is 3. The van der Waals surface area contributed by atoms with E-state index in [1.165, 1.54) is 49.2 Å². The van der Waals surface area contributed by atoms with Crippen molar-refractivity contribution in [2.75, 3.05) is 29.5 Å². The third-order valence-corrected chi connectivity index (χ3v) is 11.3. The molecule has 1 aromatic heterocycles. The maximum absolute atomic E-state index is 15.4. The van der Waals surface area contributed by atoms with Gasteiger partial charge in [-0.15, -0.1) is 0 Å². The summed E-state index contributed by atoms with van der Waals surface area (Å²) in [5.74, 6) is -6.56. The molecule has 322 valence electrons. The Morgan fingerprint density at radius 2 is 1.76 bits per heavy atom. The summed E-state index contributed by atoms with van der Waals surface area (Å²) < 4.78 is 62.1. The van der Waals surface area contributed by atoms with Crippen molar-refractivity contribution in [3.63, 3.8) is 0 Å². The lowest BCUT2D eigenvalue weighted by Gasteiger charge is -2.29. The quantitative estimate of drug-likeness (QED) is 0.0974. The summed E-state index contributed by atoms with van der Waals surface area (Å²) in [6, 6.07) is 9.43. The van der Waals surface area contributed by atoms with Crippen molar-refractivity contribution in [1.82, 2.24) is 25.8 Å². The molecule has 2 aromatic carbocycles. The largest absolute Gasteiger partial charge is 0.483 e. The van der Waals surface area contributed by atoms with Gasteiger partial charge in [-0.05, 0) is 88.1 Å². The number of pyridine rings is 1. The number of fused-ring (bicyclic) bond motifs is 1. The van der Waals surface area contributed by atoms with Crippen LogP contribution < -0.4 is 30.5 Å². The maximum atomic E-state index is 15.4. The molecule has 3 aliphatic heterocycles. The molecule has 21 heteroatoms. The standard InChI is InChI=1S/C41H36F4N8O8S/c1-40(2)38(60)52(26-11-8-20(17-46)32(33(26)42)41(43,44)45)39(62)53(40)21-9-10-25(49-18-21)23-16-24(23)34(56)48-15-4-3-14-47-30(55)19-61-28-7-5-6-22-31(28)37(59)51(36(22)58)27-12-13-29(54)50-35(27)57/h5-11,18,23-24,27H,3-4,12-16,19H2,1-2H3,(H,47,55)(H,48,56)(H,50,54,57)/t23-,24-,27?/m1/s1. The maximum Gasteiger partial charge on any atom is 0.420 e. The van der Waals surface area contributed by atoms with E-state index < -0.39 is 82.4 Å². The van der Waals surface area contributed by atoms with E-state index in [9.17, 15) is 46.7 Å². The van der Waals surface area contributed by atoms with Gasteiger partial charge in [-0.25, -0.2) is 4.39 Å². The van der Waals surface area contributed by atoms with Crippen LogP contribution in [0.2, 0.25) is 0 Å². The number of thiocarbonyl (C=S) groups is 1. The molecule has 7 amide bonds. The summed E-state index contributed by atoms with van der Waals surface area (Å²) in [5, 5.41) is 16.5. The molecule has 3 N–H and O–H groups in total. The molecular weight excluding hydrogens is 841 g/mol. The van der Waals surface area contributed by atoms with Gasteiger partial charge in [0.25, 0.3) is 23.6 Å². The second-order valence-corrected chi connectivity index (χ2v) is 15.8. The fourth-order valence-corrected chi connectivity index (χ4v) is 8.24. The summed E-state index contributed by atoms with van der Waals surface area (Å²) in [7, 11) is 0. The van der Waals surface area contributed by atoms with Gasteiger partial charge in [-0.1, -0.05) is 6.07 Å². The number of imide groups is 2. The molecule has 0 spiro atoms. The van der Waals surface area contributed by atoms with E-state index in [1.807, 2.05) is 0 Å². The minimum Gasteiger partial charge on any atom is -0.483 e. The van der Waals surface area contributed by atoms with Crippen LogP contribution in [-0.2, 0) is 30.1 Å². The molecule has 4 aliphatic rings. The van der Waals surface area contributed by atoms with Gasteiger partial charge in [0.1, 0.15) is 22.9 Å². The van der Waals surface area contributed by atoms with Gasteiger partial charge in [0, 0.05) is 37.0 Å². The number of piperidine rings is 1. The van der Waals surface area contributed by atoms with E-state index in [2.05, 4.69) is 20.9 Å². The Labute approximate surface area is 355 Å². The first-order valence-electron chi connectivity index (χ1n) is 19.3. The Kier molecular flexibility index (Phi) is 11.6. The molecule has 1 aliphatic carbocycles. The number of carbonyl (C=O) groups excluding carboxylic acids is 7. The first kappa shape index (κ1) is 43.3. The van der Waals surface area contributed by atoms with Crippen molar-refractivity contribution in [3.05, 3.63) is 82.4 Å². The molecule has 0 bridgehead atoms. The van der Waals surface area contributed by atoms with E-state index in [0.29, 0.717) is 42.1 Å². The van der Waals surface area contributed by atoms with Gasteiger partial charge < -0.3 is 20.3 Å². The van der Waals surface area contributed by atoms with Crippen molar-refractivity contribution in [2.24, 2.45) is 5.92 Å². The second kappa shape index (κ2) is 16.6. The number of anilines is 2. The highest BCUT2D eigenvalue weighted by Gasteiger charge is 2.53. The summed E-state index contributed by atoms with van der Waals surface area (Å²) in [6.45, 7) is 3.06. The smallest absolute Gasteiger partial charge is 0.420 e. The Bertz CT molecular complexity index is 2490. The van der Waals surface area contributed by atoms with Crippen LogP contribution in [0.4, 0.5) is 28.9 Å². The molecule has 2 saturated heterocycles. The average molecular weight is 877 g/mol. The van der Waals surface area contributed by atoms with Gasteiger partial charge in [0.2, 0.25) is 17.7 Å². The number of hydrogen-bond donors (Lipinski definition) is 3. The number of rotatable bonds is 13. The van der Waals surface area contributed by atoms with Gasteiger partial charge in [-0.3, -0.25) is 53.7 Å². The number of carbonyl (C=O) groups is 7. The van der Waals surface area contributed by atoms with E-state index in [4.69, 9.17) is 22.2 Å². The fraction of sp³-hybridized carbons (Fsp3) is 0.366. The van der Waals surface area contributed by atoms with Crippen molar-refractivity contribution < 1.29 is 55.9 Å². The number of unbranched alkanes of at least 4 members (excludes halogenated alkanes) is 1. The number of halogens is 4. The lowest BCUT2D eigenvalue weighted by atomic mass is 10.0. The molecule has 4 heterocycles. The number of amides is 7. The third kappa shape index (κ3) is 7.92. The number of aromatic nitrogens is 1. The lowest BCUT2D eigenvalue weighted by Crippen LogP contribution is -2.54. The minimum atomic E-state index is -5.21. The summed E-state index contributed by atoms with van der Waals surface area (Å²) in [4.78, 5) is 96.4. The van der Waals surface area contributed by atoms with E-state index in [-0.39, 0.29) is 59.1 Å². The highest BCUT2D eigenvalue weighted by Crippen LogP contribution is 2.48. The lowest BCUT2D eigenvalue weighted by molar-refractivity contribution is -0.140. The van der Waals surface area contributed by atoms with Crippen LogP contribution in [0.5, 0.6) is 5.75 Å². The Hall–Kier alpha value is -6.82. The zero-order valence-electron chi connectivity index (χ0n) is 32.9. The number of nitrogens with zero attached hydrogens (tertiary/aromatic N) is 5. The van der Waals surface area contributed by atoms with Crippen LogP contribution in [0.3, 0.4) is 0 Å². The van der Waals surface area contributed by atoms with Gasteiger partial charge in [-0.2, -0.15) is 18.4 Å². The molecule has 1 unspecified atom stereocenters. The first-order chi connectivity index (χ1) is 29.4. The summed E-state index contributed by atoms with van der Waals surface area (Å²) in [5.41, 5.74) is -4.12. The summed E-state index contributed by atoms with van der Waals surface area (Å²) >= 11 is 5.49. The molecule has 62 heavy (non-hydrogen) atoms. The SMILES string of the molecule is CC1(C)C(=O)N(c2ccc(C#N)c(C(F)(F)F)c2F)C(=S)N1c1ccc([C@@H]2C[C@H]2C(=O)NCCCCNC(=O)COc2cccc3c2C(=O)N(C2CCC(=O)NC2=O)C3=O)nc1. The van der Waals surface area contributed by atoms with E-state index in [0.717, 1.165) is 17.0 Å². The van der Waals surface area contributed by atoms with Crippen LogP contribution in [0.1, 0.15) is 89.4 Å². The van der Waals surface area contributed by atoms with Gasteiger partial charge in [0.15, 0.2) is 17.5 Å². The fourth-order valence-electron chi connectivity index (χ4n) is 7.73. The highest BCUT2D eigenvalue weighted by atomic mass is 32.1. The normalized spacial score (nSPS) is 20.5. The second-order valence-electron chi connectivity index (χ2n) is 15.4. The molecule has 3 atom stereocenters. The highest BCUT2D eigenvalue weighted by molar-refractivity contribution is 7.81.